The van der Waals surface area contributed by atoms with Crippen LogP contribution in [0, 0.1) is 4.90 Å². The fourth-order valence-corrected chi connectivity index (χ4v) is 2.21. The molecule has 0 unspecified atom stereocenters. The van der Waals surface area contributed by atoms with Gasteiger partial charge >= 0.3 is 10.9 Å². The molecular weight excluding hydrogens is 304 g/mol. The summed E-state index contributed by atoms with van der Waals surface area (Å²) in [4.78, 5) is 12.1. The molecule has 2 aromatic carbocycles. The van der Waals surface area contributed by atoms with Gasteiger partial charge in [-0.2, -0.15) is 0 Å². The zero-order chi connectivity index (χ0) is 15.5. The van der Waals surface area contributed by atoms with E-state index in [1.54, 1.807) is 42.5 Å². The summed E-state index contributed by atoms with van der Waals surface area (Å²) in [6.45, 7) is 0.0607. The first-order chi connectivity index (χ1) is 10.7. The van der Waals surface area contributed by atoms with Crippen LogP contribution in [0.4, 0.5) is 0 Å². The maximum atomic E-state index is 12.1. The van der Waals surface area contributed by atoms with Crippen LogP contribution in [-0.4, -0.2) is 13.1 Å². The molecule has 0 aliphatic heterocycles. The molecule has 0 N–H and O–H groups in total. The van der Waals surface area contributed by atoms with Crippen molar-refractivity contribution < 1.29 is 23.1 Å². The second kappa shape index (κ2) is 6.03. The van der Waals surface area contributed by atoms with Crippen LogP contribution in [0.3, 0.4) is 0 Å². The van der Waals surface area contributed by atoms with E-state index in [-0.39, 0.29) is 11.5 Å². The summed E-state index contributed by atoms with van der Waals surface area (Å²) >= 11 is 4.86. The van der Waals surface area contributed by atoms with Crippen LogP contribution < -0.4 is 4.74 Å². The number of rotatable bonds is 4. The molecule has 0 aliphatic rings. The van der Waals surface area contributed by atoms with Crippen LogP contribution in [0.5, 0.6) is 5.75 Å². The van der Waals surface area contributed by atoms with Crippen LogP contribution in [0.15, 0.2) is 51.3 Å². The zero-order valence-corrected chi connectivity index (χ0v) is 12.5. The SMILES string of the molecule is COc1cccc(C(=O)OCc2cccc3oc(=S)oc23)c1. The van der Waals surface area contributed by atoms with Gasteiger partial charge < -0.3 is 18.3 Å². The Hall–Kier alpha value is -2.60. The molecular formula is C16H12O5S. The largest absolute Gasteiger partial charge is 0.497 e. The number of para-hydroxylation sites is 1. The fraction of sp³-hybridized carbons (Fsp3) is 0.125. The Morgan fingerprint density at radius 2 is 2.00 bits per heavy atom. The molecule has 0 atom stereocenters. The molecule has 0 amide bonds. The Labute approximate surface area is 131 Å². The van der Waals surface area contributed by atoms with Crippen LogP contribution in [0.2, 0.25) is 0 Å². The van der Waals surface area contributed by atoms with Crippen molar-refractivity contribution in [3.05, 3.63) is 58.5 Å². The van der Waals surface area contributed by atoms with E-state index in [1.165, 1.54) is 7.11 Å². The molecule has 112 valence electrons. The number of esters is 1. The molecule has 22 heavy (non-hydrogen) atoms. The topological polar surface area (TPSA) is 61.8 Å². The highest BCUT2D eigenvalue weighted by Gasteiger charge is 2.12. The summed E-state index contributed by atoms with van der Waals surface area (Å²) in [6.07, 6.45) is 0. The highest BCUT2D eigenvalue weighted by Crippen LogP contribution is 2.22. The van der Waals surface area contributed by atoms with Crippen LogP contribution >= 0.6 is 12.2 Å². The minimum Gasteiger partial charge on any atom is -0.497 e. The van der Waals surface area contributed by atoms with E-state index in [0.29, 0.717) is 28.0 Å². The second-order valence-electron chi connectivity index (χ2n) is 4.51. The molecule has 0 aliphatic carbocycles. The monoisotopic (exact) mass is 316 g/mol. The van der Waals surface area contributed by atoms with E-state index >= 15 is 0 Å². The molecule has 3 aromatic rings. The Morgan fingerprint density at radius 3 is 2.82 bits per heavy atom. The number of hydrogen-bond donors (Lipinski definition) is 0. The average Bonchev–Trinajstić information content (AvgIpc) is 2.93. The van der Waals surface area contributed by atoms with Crippen LogP contribution in [0.1, 0.15) is 15.9 Å². The van der Waals surface area contributed by atoms with Crippen molar-refractivity contribution in [3.63, 3.8) is 0 Å². The standard InChI is InChI=1S/C16H12O5S/c1-18-12-6-2-4-10(8-12)15(17)19-9-11-5-3-7-13-14(11)21-16(22)20-13/h2-8H,9H2,1H3. The predicted molar refractivity (Wildman–Crippen MR) is 81.4 cm³/mol. The van der Waals surface area contributed by atoms with Crippen molar-refractivity contribution in [1.82, 2.24) is 0 Å². The van der Waals surface area contributed by atoms with Crippen molar-refractivity contribution >= 4 is 29.4 Å². The van der Waals surface area contributed by atoms with Crippen LogP contribution in [-0.2, 0) is 11.3 Å². The smallest absolute Gasteiger partial charge is 0.363 e. The number of fused-ring (bicyclic) bond motifs is 1. The Balaban J connectivity index is 1.78. The maximum Gasteiger partial charge on any atom is 0.363 e. The molecule has 0 saturated carbocycles. The van der Waals surface area contributed by atoms with Gasteiger partial charge in [0.15, 0.2) is 11.2 Å². The minimum absolute atomic E-state index is 0.0431. The van der Waals surface area contributed by atoms with Gasteiger partial charge in [0, 0.05) is 17.8 Å². The molecule has 1 aromatic heterocycles. The Morgan fingerprint density at radius 1 is 1.18 bits per heavy atom. The number of benzene rings is 2. The highest BCUT2D eigenvalue weighted by molar-refractivity contribution is 7.71. The lowest BCUT2D eigenvalue weighted by molar-refractivity contribution is 0.0473. The third kappa shape index (κ3) is 2.87. The molecule has 6 heteroatoms. The summed E-state index contributed by atoms with van der Waals surface area (Å²) in [5.74, 6) is 0.148. The van der Waals surface area contributed by atoms with Gasteiger partial charge in [-0.15, -0.1) is 0 Å². The van der Waals surface area contributed by atoms with E-state index in [4.69, 9.17) is 30.5 Å². The van der Waals surface area contributed by atoms with Gasteiger partial charge in [0.25, 0.3) is 0 Å². The van der Waals surface area contributed by atoms with E-state index in [1.807, 2.05) is 0 Å². The van der Waals surface area contributed by atoms with Gasteiger partial charge in [-0.05, 0) is 24.3 Å². The quantitative estimate of drug-likeness (QED) is 0.533. The maximum absolute atomic E-state index is 12.1. The molecule has 1 heterocycles. The molecule has 0 fully saturated rings. The van der Waals surface area contributed by atoms with Crippen LogP contribution in [0.25, 0.3) is 11.2 Å². The van der Waals surface area contributed by atoms with Gasteiger partial charge in [-0.3, -0.25) is 0 Å². The number of methoxy groups -OCH3 is 1. The van der Waals surface area contributed by atoms with Gasteiger partial charge in [0.2, 0.25) is 0 Å². The third-order valence-corrected chi connectivity index (χ3v) is 3.27. The van der Waals surface area contributed by atoms with Gasteiger partial charge in [-0.1, -0.05) is 18.2 Å². The first-order valence-corrected chi connectivity index (χ1v) is 6.91. The summed E-state index contributed by atoms with van der Waals surface area (Å²) in [5, 5.41) is 0. The van der Waals surface area contributed by atoms with Gasteiger partial charge in [-0.25, -0.2) is 4.79 Å². The van der Waals surface area contributed by atoms with E-state index in [0.717, 1.165) is 0 Å². The summed E-state index contributed by atoms with van der Waals surface area (Å²) in [5.41, 5.74) is 2.12. The van der Waals surface area contributed by atoms with E-state index < -0.39 is 5.97 Å². The van der Waals surface area contributed by atoms with Crippen molar-refractivity contribution in [1.29, 1.82) is 0 Å². The normalized spacial score (nSPS) is 10.6. The highest BCUT2D eigenvalue weighted by atomic mass is 32.1. The number of ether oxygens (including phenoxy) is 2. The molecule has 0 bridgehead atoms. The molecule has 3 rings (SSSR count). The average molecular weight is 316 g/mol. The third-order valence-electron chi connectivity index (χ3n) is 3.10. The Bertz CT molecular complexity index is 877. The number of carbonyl (C=O) groups excluding carboxylic acids is 1. The summed E-state index contributed by atoms with van der Waals surface area (Å²) in [7, 11) is 1.54. The van der Waals surface area contributed by atoms with E-state index in [9.17, 15) is 4.79 Å². The Kier molecular flexibility index (Phi) is 3.93. The van der Waals surface area contributed by atoms with Crippen molar-refractivity contribution in [3.8, 4) is 5.75 Å². The van der Waals surface area contributed by atoms with Crippen molar-refractivity contribution in [2.45, 2.75) is 6.61 Å². The predicted octanol–water partition coefficient (Wildman–Crippen LogP) is 4.12. The van der Waals surface area contributed by atoms with Crippen molar-refractivity contribution in [2.75, 3.05) is 7.11 Å². The summed E-state index contributed by atoms with van der Waals surface area (Å²) in [6, 6.07) is 12.1. The number of hydrogen-bond acceptors (Lipinski definition) is 6. The minimum atomic E-state index is -0.446. The lowest BCUT2D eigenvalue weighted by Gasteiger charge is -2.06. The fourth-order valence-electron chi connectivity index (χ4n) is 2.04. The lowest BCUT2D eigenvalue weighted by atomic mass is 10.2. The van der Waals surface area contributed by atoms with Gasteiger partial charge in [0.05, 0.1) is 12.7 Å². The molecule has 0 spiro atoms. The molecule has 0 saturated heterocycles. The van der Waals surface area contributed by atoms with Gasteiger partial charge in [0.1, 0.15) is 12.4 Å². The molecule has 5 nitrogen and oxygen atoms in total. The summed E-state index contributed by atoms with van der Waals surface area (Å²) < 4.78 is 20.9. The molecule has 0 radical (unpaired) electrons. The number of carbonyl (C=O) groups is 1. The first-order valence-electron chi connectivity index (χ1n) is 6.50. The zero-order valence-electron chi connectivity index (χ0n) is 11.7. The first kappa shape index (κ1) is 14.3. The van der Waals surface area contributed by atoms with Crippen molar-refractivity contribution in [2.24, 2.45) is 0 Å². The van der Waals surface area contributed by atoms with E-state index in [2.05, 4.69) is 0 Å². The second-order valence-corrected chi connectivity index (χ2v) is 4.84. The lowest BCUT2D eigenvalue weighted by Crippen LogP contribution is -2.05.